The number of nitrogens with one attached hydrogen (secondary N) is 2. The highest BCUT2D eigenvalue weighted by Gasteiger charge is 2.10. The van der Waals surface area contributed by atoms with Gasteiger partial charge in [0.05, 0.1) is 6.61 Å². The number of piperidine rings is 1. The Hall–Kier alpha value is -0.940. The lowest BCUT2D eigenvalue weighted by Gasteiger charge is -2.26. The van der Waals surface area contributed by atoms with E-state index in [4.69, 9.17) is 4.74 Å². The van der Waals surface area contributed by atoms with Crippen LogP contribution in [0.15, 0.2) is 4.99 Å². The van der Waals surface area contributed by atoms with Crippen molar-refractivity contribution in [2.75, 3.05) is 46.4 Å². The van der Waals surface area contributed by atoms with Crippen LogP contribution in [0.1, 0.15) is 30.9 Å². The normalized spacial score (nSPS) is 15.7. The monoisotopic (exact) mass is 465 g/mol. The SMILES string of the molecule is COCCNC(=NCc1nnc(C)n1C)NCCN1CCCCC1.I. The molecule has 9 heteroatoms. The smallest absolute Gasteiger partial charge is 0.191 e. The summed E-state index contributed by atoms with van der Waals surface area (Å²) < 4.78 is 7.06. The molecule has 8 nitrogen and oxygen atoms in total. The lowest BCUT2D eigenvalue weighted by molar-refractivity contribution is 0.203. The quantitative estimate of drug-likeness (QED) is 0.257. The van der Waals surface area contributed by atoms with Crippen molar-refractivity contribution < 1.29 is 4.74 Å². The van der Waals surface area contributed by atoms with E-state index in [0.717, 1.165) is 37.2 Å². The first-order chi connectivity index (χ1) is 11.7. The second-order valence-corrected chi connectivity index (χ2v) is 6.14. The molecule has 1 aromatic heterocycles. The fraction of sp³-hybridized carbons (Fsp3) is 0.812. The minimum atomic E-state index is 0. The summed E-state index contributed by atoms with van der Waals surface area (Å²) in [6, 6.07) is 0. The minimum absolute atomic E-state index is 0. The van der Waals surface area contributed by atoms with E-state index in [-0.39, 0.29) is 24.0 Å². The van der Waals surface area contributed by atoms with Crippen LogP contribution in [-0.2, 0) is 18.3 Å². The number of ether oxygens (including phenoxy) is 1. The first-order valence-electron chi connectivity index (χ1n) is 8.79. The van der Waals surface area contributed by atoms with E-state index in [9.17, 15) is 0 Å². The number of hydrogen-bond acceptors (Lipinski definition) is 5. The molecular weight excluding hydrogens is 433 g/mol. The summed E-state index contributed by atoms with van der Waals surface area (Å²) in [6.07, 6.45) is 4.00. The molecule has 1 aromatic rings. The number of guanidine groups is 1. The van der Waals surface area contributed by atoms with E-state index in [1.54, 1.807) is 7.11 Å². The van der Waals surface area contributed by atoms with E-state index in [1.807, 2.05) is 18.5 Å². The molecule has 1 aliphatic rings. The molecule has 25 heavy (non-hydrogen) atoms. The van der Waals surface area contributed by atoms with Crippen molar-refractivity contribution >= 4 is 29.9 Å². The molecule has 1 aliphatic heterocycles. The van der Waals surface area contributed by atoms with Crippen molar-refractivity contribution in [3.63, 3.8) is 0 Å². The van der Waals surface area contributed by atoms with Gasteiger partial charge in [-0.15, -0.1) is 34.2 Å². The van der Waals surface area contributed by atoms with E-state index in [2.05, 4.69) is 30.7 Å². The van der Waals surface area contributed by atoms with Crippen LogP contribution in [-0.4, -0.2) is 72.1 Å². The van der Waals surface area contributed by atoms with Crippen molar-refractivity contribution in [2.45, 2.75) is 32.7 Å². The minimum Gasteiger partial charge on any atom is -0.383 e. The Labute approximate surface area is 167 Å². The number of nitrogens with zero attached hydrogens (tertiary/aromatic N) is 5. The number of aryl methyl sites for hydroxylation is 1. The molecule has 0 spiro atoms. The Balaban J connectivity index is 0.00000312. The Kier molecular flexibility index (Phi) is 11.0. The molecule has 1 fully saturated rings. The topological polar surface area (TPSA) is 79.6 Å². The molecule has 0 saturated carbocycles. The molecule has 0 radical (unpaired) electrons. The Morgan fingerprint density at radius 1 is 1.16 bits per heavy atom. The molecule has 0 amide bonds. The molecule has 2 rings (SSSR count). The van der Waals surface area contributed by atoms with Crippen LogP contribution in [0.5, 0.6) is 0 Å². The molecule has 0 atom stereocenters. The van der Waals surface area contributed by atoms with Crippen molar-refractivity contribution in [3.05, 3.63) is 11.6 Å². The molecular formula is C16H32IN7O. The van der Waals surface area contributed by atoms with Crippen LogP contribution < -0.4 is 10.6 Å². The van der Waals surface area contributed by atoms with Gasteiger partial charge in [0.1, 0.15) is 12.4 Å². The number of halogens is 1. The maximum atomic E-state index is 5.10. The second kappa shape index (κ2) is 12.4. The fourth-order valence-electron chi connectivity index (χ4n) is 2.70. The fourth-order valence-corrected chi connectivity index (χ4v) is 2.70. The van der Waals surface area contributed by atoms with E-state index < -0.39 is 0 Å². The van der Waals surface area contributed by atoms with Gasteiger partial charge in [-0.1, -0.05) is 6.42 Å². The summed E-state index contributed by atoms with van der Waals surface area (Å²) in [6.45, 7) is 8.18. The third kappa shape index (κ3) is 7.87. The molecule has 0 aliphatic carbocycles. The largest absolute Gasteiger partial charge is 0.383 e. The number of aliphatic imine (C=N–C) groups is 1. The Bertz CT molecular complexity index is 515. The van der Waals surface area contributed by atoms with E-state index in [0.29, 0.717) is 13.2 Å². The predicted molar refractivity (Wildman–Crippen MR) is 110 cm³/mol. The van der Waals surface area contributed by atoms with Gasteiger partial charge in [-0.05, 0) is 32.9 Å². The summed E-state index contributed by atoms with van der Waals surface area (Å²) in [5, 5.41) is 14.9. The van der Waals surface area contributed by atoms with Gasteiger partial charge in [0, 0.05) is 33.8 Å². The molecule has 0 aromatic carbocycles. The molecule has 1 saturated heterocycles. The zero-order valence-electron chi connectivity index (χ0n) is 15.6. The third-order valence-corrected chi connectivity index (χ3v) is 4.33. The summed E-state index contributed by atoms with van der Waals surface area (Å²) in [5.41, 5.74) is 0. The highest BCUT2D eigenvalue weighted by molar-refractivity contribution is 14.0. The number of methoxy groups -OCH3 is 1. The summed E-state index contributed by atoms with van der Waals surface area (Å²) >= 11 is 0. The van der Waals surface area contributed by atoms with Crippen LogP contribution in [0.25, 0.3) is 0 Å². The van der Waals surface area contributed by atoms with Crippen LogP contribution in [0.4, 0.5) is 0 Å². The number of aromatic nitrogens is 3. The van der Waals surface area contributed by atoms with Crippen molar-refractivity contribution in [2.24, 2.45) is 12.0 Å². The maximum Gasteiger partial charge on any atom is 0.191 e. The van der Waals surface area contributed by atoms with Gasteiger partial charge in [0.15, 0.2) is 11.8 Å². The highest BCUT2D eigenvalue weighted by Crippen LogP contribution is 2.07. The average Bonchev–Trinajstić information content (AvgIpc) is 2.92. The predicted octanol–water partition coefficient (Wildman–Crippen LogP) is 0.909. The highest BCUT2D eigenvalue weighted by atomic mass is 127. The zero-order chi connectivity index (χ0) is 17.2. The van der Waals surface area contributed by atoms with Crippen molar-refractivity contribution in [3.8, 4) is 0 Å². The Morgan fingerprint density at radius 3 is 2.52 bits per heavy atom. The average molecular weight is 465 g/mol. The molecule has 0 bridgehead atoms. The van der Waals surface area contributed by atoms with E-state index in [1.165, 1.54) is 32.4 Å². The lowest BCUT2D eigenvalue weighted by Crippen LogP contribution is -2.43. The van der Waals surface area contributed by atoms with Crippen LogP contribution in [0.3, 0.4) is 0 Å². The first kappa shape index (κ1) is 22.1. The summed E-state index contributed by atoms with van der Waals surface area (Å²) in [7, 11) is 3.66. The van der Waals surface area contributed by atoms with Crippen LogP contribution >= 0.6 is 24.0 Å². The maximum absolute atomic E-state index is 5.10. The van der Waals surface area contributed by atoms with Gasteiger partial charge < -0.3 is 24.8 Å². The number of hydrogen-bond donors (Lipinski definition) is 2. The standard InChI is InChI=1S/C16H31N7O.HI/c1-14-20-21-15(22(14)2)13-19-16(18-8-12-24-3)17-7-11-23-9-5-4-6-10-23;/h4-13H2,1-3H3,(H2,17,18,19);1H. The second-order valence-electron chi connectivity index (χ2n) is 6.14. The molecule has 2 N–H and O–H groups in total. The lowest BCUT2D eigenvalue weighted by atomic mass is 10.1. The molecule has 144 valence electrons. The summed E-state index contributed by atoms with van der Waals surface area (Å²) in [5.74, 6) is 2.55. The Morgan fingerprint density at radius 2 is 1.88 bits per heavy atom. The first-order valence-corrected chi connectivity index (χ1v) is 8.79. The van der Waals surface area contributed by atoms with Gasteiger partial charge in [-0.3, -0.25) is 0 Å². The van der Waals surface area contributed by atoms with Crippen molar-refractivity contribution in [1.82, 2.24) is 30.3 Å². The number of rotatable bonds is 8. The van der Waals surface area contributed by atoms with Gasteiger partial charge in [-0.2, -0.15) is 0 Å². The zero-order valence-corrected chi connectivity index (χ0v) is 18.0. The van der Waals surface area contributed by atoms with Gasteiger partial charge in [-0.25, -0.2) is 4.99 Å². The van der Waals surface area contributed by atoms with Gasteiger partial charge in [0.2, 0.25) is 0 Å². The van der Waals surface area contributed by atoms with Crippen LogP contribution in [0.2, 0.25) is 0 Å². The molecule has 2 heterocycles. The van der Waals surface area contributed by atoms with Crippen molar-refractivity contribution in [1.29, 1.82) is 0 Å². The van der Waals surface area contributed by atoms with Gasteiger partial charge in [0.25, 0.3) is 0 Å². The molecule has 0 unspecified atom stereocenters. The van der Waals surface area contributed by atoms with E-state index >= 15 is 0 Å². The third-order valence-electron chi connectivity index (χ3n) is 4.33. The van der Waals surface area contributed by atoms with Gasteiger partial charge >= 0.3 is 0 Å². The summed E-state index contributed by atoms with van der Waals surface area (Å²) in [4.78, 5) is 7.13. The number of likely N-dealkylation sites (tertiary alicyclic amines) is 1. The van der Waals surface area contributed by atoms with Crippen LogP contribution in [0, 0.1) is 6.92 Å².